The smallest absolute Gasteiger partial charge is 0.245 e. The zero-order valence-corrected chi connectivity index (χ0v) is 32.0. The number of thiol groups is 1. The van der Waals surface area contributed by atoms with Gasteiger partial charge in [0.1, 0.15) is 18.7 Å². The molecule has 1 atom stereocenters. The van der Waals surface area contributed by atoms with Crippen LogP contribution >= 0.6 is 12.8 Å². The summed E-state index contributed by atoms with van der Waals surface area (Å²) in [7, 11) is 0. The molecule has 0 saturated carbocycles. The van der Waals surface area contributed by atoms with E-state index in [1.54, 1.807) is 6.92 Å². The molecule has 3 N–H and O–H groups in total. The highest BCUT2D eigenvalue weighted by Gasteiger charge is 2.05. The van der Waals surface area contributed by atoms with Crippen molar-refractivity contribution in [2.75, 3.05) is 39.5 Å². The molecular formula is C37H75N3O6S. The highest BCUT2D eigenvalue weighted by Crippen LogP contribution is 2.13. The number of hydrogen-bond donors (Lipinski definition) is 4. The second kappa shape index (κ2) is 44.5. The van der Waals surface area contributed by atoms with Crippen LogP contribution in [-0.4, -0.2) is 69.4 Å². The zero-order chi connectivity index (χ0) is 35.6. The molecule has 47 heavy (non-hydrogen) atoms. The van der Waals surface area contributed by atoms with Crippen LogP contribution in [0, 0.1) is 0 Å². The quantitative estimate of drug-likeness (QED) is 0.0312. The second-order valence-corrected chi connectivity index (χ2v) is 12.1. The van der Waals surface area contributed by atoms with Crippen LogP contribution in [0.15, 0.2) is 0 Å². The molecule has 0 aromatic carbocycles. The number of ether oxygens (including phenoxy) is 2. The fraction of sp³-hybridized carbons (Fsp3) is 0.892. The van der Waals surface area contributed by atoms with Gasteiger partial charge in [0.25, 0.3) is 0 Å². The van der Waals surface area contributed by atoms with Crippen molar-refractivity contribution >= 4 is 36.7 Å². The minimum Gasteiger partial charge on any atom is -0.377 e. The van der Waals surface area contributed by atoms with Crippen molar-refractivity contribution in [2.45, 2.75) is 175 Å². The molecule has 0 heterocycles. The highest BCUT2D eigenvalue weighted by atomic mass is 32.1. The molecule has 1 unspecified atom stereocenters. The van der Waals surface area contributed by atoms with Crippen LogP contribution in [0.2, 0.25) is 0 Å². The van der Waals surface area contributed by atoms with Gasteiger partial charge in [0.15, 0.2) is 0 Å². The summed E-state index contributed by atoms with van der Waals surface area (Å²) in [5.74, 6) is 0.212. The normalized spacial score (nSPS) is 11.0. The largest absolute Gasteiger partial charge is 0.377 e. The Morgan fingerprint density at radius 3 is 1.55 bits per heavy atom. The Bertz CT molecular complexity index is 682. The first-order chi connectivity index (χ1) is 22.9. The molecule has 0 aliphatic heterocycles. The fourth-order valence-corrected chi connectivity index (χ4v) is 4.64. The molecule has 0 aliphatic carbocycles. The Balaban J connectivity index is -0.00000297. The number of Topliss-reactive ketones (excluding diaryl/α,β-unsaturated/α-hetero) is 1. The monoisotopic (exact) mass is 690 g/mol. The van der Waals surface area contributed by atoms with Gasteiger partial charge in [-0.05, 0) is 39.0 Å². The van der Waals surface area contributed by atoms with Gasteiger partial charge in [-0.3, -0.25) is 14.3 Å². The maximum atomic E-state index is 11.9. The Labute approximate surface area is 295 Å². The van der Waals surface area contributed by atoms with Gasteiger partial charge in [-0.1, -0.05) is 130 Å². The van der Waals surface area contributed by atoms with E-state index in [9.17, 15) is 19.2 Å². The van der Waals surface area contributed by atoms with E-state index < -0.39 is 0 Å². The summed E-state index contributed by atoms with van der Waals surface area (Å²) >= 11 is 3.88. The predicted octanol–water partition coefficient (Wildman–Crippen LogP) is 8.09. The number of aldehydes is 1. The maximum absolute atomic E-state index is 11.9. The number of amides is 2. The third-order valence-electron chi connectivity index (χ3n) is 7.45. The van der Waals surface area contributed by atoms with E-state index >= 15 is 0 Å². The van der Waals surface area contributed by atoms with Crippen LogP contribution < -0.4 is 15.4 Å². The number of rotatable bonds is 33. The lowest BCUT2D eigenvalue weighted by atomic mass is 10.0. The van der Waals surface area contributed by atoms with E-state index in [0.29, 0.717) is 51.5 Å². The van der Waals surface area contributed by atoms with Crippen molar-refractivity contribution in [1.29, 1.82) is 0 Å². The molecule has 0 aromatic rings. The van der Waals surface area contributed by atoms with E-state index in [2.05, 4.69) is 42.0 Å². The molecule has 0 bridgehead atoms. The van der Waals surface area contributed by atoms with Gasteiger partial charge in [-0.2, -0.15) is 0 Å². The molecule has 0 fully saturated rings. The van der Waals surface area contributed by atoms with Crippen molar-refractivity contribution in [3.63, 3.8) is 0 Å². The molecule has 0 radical (unpaired) electrons. The van der Waals surface area contributed by atoms with Crippen LogP contribution in [0.1, 0.15) is 169 Å². The van der Waals surface area contributed by atoms with Crippen LogP contribution in [0.4, 0.5) is 0 Å². The topological polar surface area (TPSA) is 123 Å². The van der Waals surface area contributed by atoms with Crippen LogP contribution in [-0.2, 0) is 28.7 Å². The first-order valence-electron chi connectivity index (χ1n) is 18.9. The Kier molecular flexibility index (Phi) is 47.2. The van der Waals surface area contributed by atoms with Crippen molar-refractivity contribution in [2.24, 2.45) is 0 Å². The van der Waals surface area contributed by atoms with Gasteiger partial charge < -0.3 is 29.7 Å². The summed E-state index contributed by atoms with van der Waals surface area (Å²) < 4.78 is 13.4. The van der Waals surface area contributed by atoms with Gasteiger partial charge in [-0.25, -0.2) is 0 Å². The summed E-state index contributed by atoms with van der Waals surface area (Å²) in [5.41, 5.74) is 0. The number of ketones is 1. The number of nitrogens with one attached hydrogen (secondary N) is 3. The van der Waals surface area contributed by atoms with E-state index in [-0.39, 0.29) is 24.5 Å². The molecular weight excluding hydrogens is 614 g/mol. The summed E-state index contributed by atoms with van der Waals surface area (Å²) in [5, 5.41) is 5.66. The minimum atomic E-state index is -0.256. The van der Waals surface area contributed by atoms with Gasteiger partial charge in [0.2, 0.25) is 11.8 Å². The summed E-state index contributed by atoms with van der Waals surface area (Å²) in [6.07, 6.45) is 24.3. The highest BCUT2D eigenvalue weighted by molar-refractivity contribution is 7.78. The average molecular weight is 690 g/mol. The molecule has 10 heteroatoms. The molecule has 0 aliphatic rings. The van der Waals surface area contributed by atoms with Crippen molar-refractivity contribution in [3.05, 3.63) is 0 Å². The zero-order valence-electron chi connectivity index (χ0n) is 31.1. The Morgan fingerprint density at radius 1 is 0.617 bits per heavy atom. The SMILES string of the molecule is CC.CC(=O)CCCCCCCCCCCCCCCCC(=O)NCCOCCOCC(=O)NCCCCC(C=O)NS.CCCC. The van der Waals surface area contributed by atoms with Gasteiger partial charge in [0, 0.05) is 25.9 Å². The third kappa shape index (κ3) is 46.7. The molecule has 0 aromatic heterocycles. The number of unbranched alkanes of at least 4 members (excludes halogenated alkanes) is 15. The van der Waals surface area contributed by atoms with Crippen molar-refractivity contribution in [3.8, 4) is 0 Å². The number of carbonyl (C=O) groups excluding carboxylic acids is 4. The molecule has 0 saturated heterocycles. The lowest BCUT2D eigenvalue weighted by Gasteiger charge is -2.09. The van der Waals surface area contributed by atoms with Gasteiger partial charge in [-0.15, -0.1) is 0 Å². The minimum absolute atomic E-state index is 0.0132. The standard InChI is InChI=1S/C31H59N3O6S.C4H10.C2H6/c1-28(36)18-14-12-10-8-6-4-2-3-5-7-9-11-13-15-20-30(37)33-22-23-39-24-25-40-27-31(38)32-21-17-16-19-29(26-35)34-41;1-3-4-2;1-2/h26,29,34,41H,2-25,27H2,1H3,(H,32,38)(H,33,37);3-4H2,1-2H3;1-2H3. The molecule has 2 amide bonds. The molecule has 9 nitrogen and oxygen atoms in total. The molecule has 0 rings (SSSR count). The van der Waals surface area contributed by atoms with E-state index in [1.807, 2.05) is 13.8 Å². The Hall–Kier alpha value is -1.49. The lowest BCUT2D eigenvalue weighted by Crippen LogP contribution is -2.30. The second-order valence-electron chi connectivity index (χ2n) is 11.9. The van der Waals surface area contributed by atoms with Crippen molar-refractivity contribution in [1.82, 2.24) is 15.4 Å². The first-order valence-corrected chi connectivity index (χ1v) is 19.4. The maximum Gasteiger partial charge on any atom is 0.245 e. The lowest BCUT2D eigenvalue weighted by molar-refractivity contribution is -0.126. The van der Waals surface area contributed by atoms with Crippen LogP contribution in [0.25, 0.3) is 0 Å². The van der Waals surface area contributed by atoms with E-state index in [1.165, 1.54) is 83.5 Å². The number of hydrogen-bond acceptors (Lipinski definition) is 8. The fourth-order valence-electron chi connectivity index (χ4n) is 4.45. The van der Waals surface area contributed by atoms with Crippen LogP contribution in [0.3, 0.4) is 0 Å². The predicted molar refractivity (Wildman–Crippen MR) is 200 cm³/mol. The summed E-state index contributed by atoms with van der Waals surface area (Å²) in [6.45, 7) is 12.2. The summed E-state index contributed by atoms with van der Waals surface area (Å²) in [6, 6.07) is -0.256. The Morgan fingerprint density at radius 2 is 1.09 bits per heavy atom. The third-order valence-corrected chi connectivity index (χ3v) is 7.78. The van der Waals surface area contributed by atoms with Gasteiger partial charge in [0.05, 0.1) is 25.9 Å². The number of carbonyl (C=O) groups is 4. The van der Waals surface area contributed by atoms with Crippen molar-refractivity contribution < 1.29 is 28.7 Å². The van der Waals surface area contributed by atoms with Gasteiger partial charge >= 0.3 is 0 Å². The molecule has 280 valence electrons. The molecule has 0 spiro atoms. The van der Waals surface area contributed by atoms with Crippen LogP contribution in [0.5, 0.6) is 0 Å². The van der Waals surface area contributed by atoms with E-state index in [0.717, 1.165) is 44.8 Å². The summed E-state index contributed by atoms with van der Waals surface area (Å²) in [4.78, 5) is 45.2. The van der Waals surface area contributed by atoms with E-state index in [4.69, 9.17) is 9.47 Å². The first kappa shape index (κ1) is 49.9. The average Bonchev–Trinajstić information content (AvgIpc) is 3.08.